The summed E-state index contributed by atoms with van der Waals surface area (Å²) < 4.78 is 7.53. The van der Waals surface area contributed by atoms with E-state index in [0.29, 0.717) is 28.0 Å². The van der Waals surface area contributed by atoms with Gasteiger partial charge in [0.1, 0.15) is 11.4 Å². The Morgan fingerprint density at radius 2 is 2.30 bits per heavy atom. The predicted octanol–water partition coefficient (Wildman–Crippen LogP) is 3.03. The SMILES string of the molecule is COc1ccc(Br)c(C(=O)NCc2cn(-c3ccsc3)nn2)c1. The van der Waals surface area contributed by atoms with Crippen molar-refractivity contribution in [3.8, 4) is 11.4 Å². The standard InChI is InChI=1S/C15H13BrN4O2S/c1-22-12-2-3-14(16)13(6-12)15(21)17-7-10-8-20(19-18-10)11-4-5-23-9-11/h2-6,8-9H,7H2,1H3,(H,17,21). The maximum Gasteiger partial charge on any atom is 0.252 e. The van der Waals surface area contributed by atoms with E-state index in [-0.39, 0.29) is 5.91 Å². The summed E-state index contributed by atoms with van der Waals surface area (Å²) >= 11 is 4.96. The van der Waals surface area contributed by atoms with Gasteiger partial charge in [-0.3, -0.25) is 4.79 Å². The van der Waals surface area contributed by atoms with Crippen LogP contribution in [0.15, 0.2) is 45.7 Å². The van der Waals surface area contributed by atoms with Gasteiger partial charge in [-0.05, 0) is 45.6 Å². The molecule has 3 aromatic rings. The first-order chi connectivity index (χ1) is 11.2. The number of thiophene rings is 1. The second-order valence-corrected chi connectivity index (χ2v) is 6.30. The van der Waals surface area contributed by atoms with Gasteiger partial charge >= 0.3 is 0 Å². The van der Waals surface area contributed by atoms with Crippen molar-refractivity contribution in [1.82, 2.24) is 20.3 Å². The first-order valence-corrected chi connectivity index (χ1v) is 8.46. The predicted molar refractivity (Wildman–Crippen MR) is 91.1 cm³/mol. The molecule has 0 fully saturated rings. The maximum absolute atomic E-state index is 12.3. The number of nitrogens with zero attached hydrogens (tertiary/aromatic N) is 3. The third-order valence-electron chi connectivity index (χ3n) is 3.16. The second-order valence-electron chi connectivity index (χ2n) is 4.66. The summed E-state index contributed by atoms with van der Waals surface area (Å²) in [4.78, 5) is 12.3. The molecule has 2 aromatic heterocycles. The Balaban J connectivity index is 1.67. The average Bonchev–Trinajstić information content (AvgIpc) is 3.24. The molecule has 0 saturated carbocycles. The molecule has 1 amide bonds. The van der Waals surface area contributed by atoms with Crippen LogP contribution in [0.2, 0.25) is 0 Å². The molecular weight excluding hydrogens is 380 g/mol. The Morgan fingerprint density at radius 1 is 1.43 bits per heavy atom. The molecule has 8 heteroatoms. The van der Waals surface area contributed by atoms with Gasteiger partial charge in [-0.25, -0.2) is 4.68 Å². The van der Waals surface area contributed by atoms with E-state index in [9.17, 15) is 4.79 Å². The van der Waals surface area contributed by atoms with Crippen LogP contribution in [0.1, 0.15) is 16.1 Å². The molecule has 118 valence electrons. The number of amides is 1. The third kappa shape index (κ3) is 3.59. The van der Waals surface area contributed by atoms with Crippen LogP contribution in [0.5, 0.6) is 5.75 Å². The van der Waals surface area contributed by atoms with E-state index in [1.165, 1.54) is 0 Å². The van der Waals surface area contributed by atoms with Crippen LogP contribution >= 0.6 is 27.3 Å². The molecule has 3 rings (SSSR count). The lowest BCUT2D eigenvalue weighted by molar-refractivity contribution is 0.0949. The first-order valence-electron chi connectivity index (χ1n) is 6.73. The summed E-state index contributed by atoms with van der Waals surface area (Å²) in [6.45, 7) is 0.298. The molecule has 0 spiro atoms. The molecule has 6 nitrogen and oxygen atoms in total. The van der Waals surface area contributed by atoms with Gasteiger partial charge in [-0.2, -0.15) is 11.3 Å². The Morgan fingerprint density at radius 3 is 3.04 bits per heavy atom. The highest BCUT2D eigenvalue weighted by Gasteiger charge is 2.12. The fourth-order valence-electron chi connectivity index (χ4n) is 1.96. The molecule has 0 unspecified atom stereocenters. The highest BCUT2D eigenvalue weighted by Crippen LogP contribution is 2.22. The summed E-state index contributed by atoms with van der Waals surface area (Å²) in [7, 11) is 1.56. The molecule has 23 heavy (non-hydrogen) atoms. The number of benzene rings is 1. The van der Waals surface area contributed by atoms with Gasteiger partial charge in [-0.15, -0.1) is 5.10 Å². The van der Waals surface area contributed by atoms with Crippen molar-refractivity contribution in [1.29, 1.82) is 0 Å². The number of ether oxygens (including phenoxy) is 1. The molecule has 0 bridgehead atoms. The van der Waals surface area contributed by atoms with Crippen LogP contribution in [-0.2, 0) is 6.54 Å². The Bertz CT molecular complexity index is 817. The van der Waals surface area contributed by atoms with Crippen LogP contribution in [0.4, 0.5) is 0 Å². The van der Waals surface area contributed by atoms with E-state index in [1.54, 1.807) is 47.5 Å². The molecule has 0 saturated heterocycles. The van der Waals surface area contributed by atoms with Gasteiger partial charge in [0.25, 0.3) is 5.91 Å². The molecule has 0 atom stereocenters. The average molecular weight is 393 g/mol. The van der Waals surface area contributed by atoms with Crippen molar-refractivity contribution in [3.05, 3.63) is 57.0 Å². The zero-order chi connectivity index (χ0) is 16.2. The summed E-state index contributed by atoms with van der Waals surface area (Å²) in [6.07, 6.45) is 1.79. The maximum atomic E-state index is 12.3. The molecule has 1 N–H and O–H groups in total. The number of hydrogen-bond acceptors (Lipinski definition) is 5. The fourth-order valence-corrected chi connectivity index (χ4v) is 3.01. The minimum atomic E-state index is -0.208. The number of hydrogen-bond donors (Lipinski definition) is 1. The van der Waals surface area contributed by atoms with Crippen LogP contribution in [0.25, 0.3) is 5.69 Å². The molecule has 0 aliphatic heterocycles. The van der Waals surface area contributed by atoms with Crippen LogP contribution in [0, 0.1) is 0 Å². The highest BCUT2D eigenvalue weighted by atomic mass is 79.9. The number of nitrogens with one attached hydrogen (secondary N) is 1. The van der Waals surface area contributed by atoms with Gasteiger partial charge in [0.2, 0.25) is 0 Å². The number of carbonyl (C=O) groups is 1. The quantitative estimate of drug-likeness (QED) is 0.724. The van der Waals surface area contributed by atoms with Gasteiger partial charge in [-0.1, -0.05) is 5.21 Å². The van der Waals surface area contributed by atoms with E-state index in [2.05, 4.69) is 31.6 Å². The second kappa shape index (κ2) is 6.93. The smallest absolute Gasteiger partial charge is 0.252 e. The van der Waals surface area contributed by atoms with Crippen molar-refractivity contribution in [3.63, 3.8) is 0 Å². The fraction of sp³-hybridized carbons (Fsp3) is 0.133. The van der Waals surface area contributed by atoms with E-state index in [4.69, 9.17) is 4.74 Å². The topological polar surface area (TPSA) is 69.0 Å². The largest absolute Gasteiger partial charge is 0.497 e. The van der Waals surface area contributed by atoms with Gasteiger partial charge < -0.3 is 10.1 Å². The number of halogens is 1. The number of methoxy groups -OCH3 is 1. The molecule has 2 heterocycles. The lowest BCUT2D eigenvalue weighted by atomic mass is 10.2. The zero-order valence-electron chi connectivity index (χ0n) is 12.2. The first kappa shape index (κ1) is 15.7. The summed E-state index contributed by atoms with van der Waals surface area (Å²) in [5, 5.41) is 14.9. The van der Waals surface area contributed by atoms with Gasteiger partial charge in [0.15, 0.2) is 0 Å². The van der Waals surface area contributed by atoms with Crippen LogP contribution in [0.3, 0.4) is 0 Å². The minimum absolute atomic E-state index is 0.208. The number of rotatable bonds is 5. The zero-order valence-corrected chi connectivity index (χ0v) is 14.6. The Hall–Kier alpha value is -2.19. The van der Waals surface area contributed by atoms with Crippen molar-refractivity contribution in [2.75, 3.05) is 7.11 Å². The minimum Gasteiger partial charge on any atom is -0.497 e. The number of carbonyl (C=O) groups excluding carboxylic acids is 1. The van der Waals surface area contributed by atoms with Crippen molar-refractivity contribution >= 4 is 33.2 Å². The number of aromatic nitrogens is 3. The highest BCUT2D eigenvalue weighted by molar-refractivity contribution is 9.10. The lowest BCUT2D eigenvalue weighted by Crippen LogP contribution is -2.23. The van der Waals surface area contributed by atoms with Crippen molar-refractivity contribution in [2.45, 2.75) is 6.54 Å². The molecular formula is C15H13BrN4O2S. The molecule has 1 aromatic carbocycles. The summed E-state index contributed by atoms with van der Waals surface area (Å²) in [5.41, 5.74) is 2.15. The lowest BCUT2D eigenvalue weighted by Gasteiger charge is -2.07. The summed E-state index contributed by atoms with van der Waals surface area (Å²) in [5.74, 6) is 0.419. The Kier molecular flexibility index (Phi) is 4.73. The van der Waals surface area contributed by atoms with Crippen LogP contribution < -0.4 is 10.1 Å². The van der Waals surface area contributed by atoms with E-state index >= 15 is 0 Å². The van der Waals surface area contributed by atoms with E-state index in [1.807, 2.05) is 16.8 Å². The molecule has 0 radical (unpaired) electrons. The molecule has 0 aliphatic carbocycles. The van der Waals surface area contributed by atoms with E-state index in [0.717, 1.165) is 5.69 Å². The Labute approximate surface area is 145 Å². The van der Waals surface area contributed by atoms with Crippen LogP contribution in [-0.4, -0.2) is 28.0 Å². The van der Waals surface area contributed by atoms with Gasteiger partial charge in [0.05, 0.1) is 31.1 Å². The summed E-state index contributed by atoms with van der Waals surface area (Å²) in [6, 6.07) is 7.20. The molecule has 0 aliphatic rings. The van der Waals surface area contributed by atoms with Crippen molar-refractivity contribution < 1.29 is 9.53 Å². The monoisotopic (exact) mass is 392 g/mol. The van der Waals surface area contributed by atoms with Crippen molar-refractivity contribution in [2.24, 2.45) is 0 Å². The third-order valence-corrected chi connectivity index (χ3v) is 4.52. The van der Waals surface area contributed by atoms with E-state index < -0.39 is 0 Å². The normalized spacial score (nSPS) is 10.5. The van der Waals surface area contributed by atoms with Gasteiger partial charge in [0, 0.05) is 9.85 Å².